The molecule has 1 fully saturated rings. The summed E-state index contributed by atoms with van der Waals surface area (Å²) in [6.07, 6.45) is 2.38. The molecule has 0 aromatic heterocycles. The van der Waals surface area contributed by atoms with E-state index < -0.39 is 10.0 Å². The number of hydrogen-bond acceptors (Lipinski definition) is 4. The van der Waals surface area contributed by atoms with Gasteiger partial charge in [-0.2, -0.15) is 0 Å². The fourth-order valence-corrected chi connectivity index (χ4v) is 3.48. The van der Waals surface area contributed by atoms with Gasteiger partial charge in [0.15, 0.2) is 0 Å². The lowest BCUT2D eigenvalue weighted by Gasteiger charge is -2.30. The van der Waals surface area contributed by atoms with Crippen LogP contribution >= 0.6 is 11.6 Å². The van der Waals surface area contributed by atoms with Crippen LogP contribution < -0.4 is 10.1 Å². The Kier molecular flexibility index (Phi) is 5.31. The van der Waals surface area contributed by atoms with E-state index in [1.807, 2.05) is 0 Å². The zero-order chi connectivity index (χ0) is 16.3. The number of carbonyl (C=O) groups excluding carboxylic acids is 1. The van der Waals surface area contributed by atoms with Crippen LogP contribution in [-0.2, 0) is 10.0 Å². The van der Waals surface area contributed by atoms with Crippen LogP contribution in [0.25, 0.3) is 0 Å². The van der Waals surface area contributed by atoms with Crippen LogP contribution in [0.4, 0.5) is 0 Å². The molecule has 0 aliphatic carbocycles. The van der Waals surface area contributed by atoms with E-state index in [9.17, 15) is 13.2 Å². The quantitative estimate of drug-likeness (QED) is 0.896. The van der Waals surface area contributed by atoms with Gasteiger partial charge in [-0.05, 0) is 31.0 Å². The molecule has 1 N–H and O–H groups in total. The summed E-state index contributed by atoms with van der Waals surface area (Å²) in [6.45, 7) is 0.836. The van der Waals surface area contributed by atoms with Crippen molar-refractivity contribution in [3.05, 3.63) is 28.8 Å². The molecule has 2 rings (SSSR count). The monoisotopic (exact) mass is 346 g/mol. The Morgan fingerprint density at radius 1 is 1.36 bits per heavy atom. The Morgan fingerprint density at radius 3 is 2.55 bits per heavy atom. The van der Waals surface area contributed by atoms with Crippen LogP contribution in [0, 0.1) is 0 Å². The summed E-state index contributed by atoms with van der Waals surface area (Å²) in [6, 6.07) is 4.78. The Balaban J connectivity index is 1.99. The molecule has 1 amide bonds. The van der Waals surface area contributed by atoms with Crippen LogP contribution in [0.1, 0.15) is 23.2 Å². The van der Waals surface area contributed by atoms with E-state index in [0.29, 0.717) is 42.3 Å². The van der Waals surface area contributed by atoms with Gasteiger partial charge in [-0.15, -0.1) is 0 Å². The number of rotatable bonds is 4. The second-order valence-corrected chi connectivity index (χ2v) is 7.67. The molecule has 1 aromatic carbocycles. The summed E-state index contributed by atoms with van der Waals surface area (Å²) in [5, 5.41) is 3.41. The molecule has 1 saturated heterocycles. The minimum absolute atomic E-state index is 0.0501. The van der Waals surface area contributed by atoms with Gasteiger partial charge in [-0.3, -0.25) is 4.79 Å². The van der Waals surface area contributed by atoms with Gasteiger partial charge >= 0.3 is 0 Å². The highest BCUT2D eigenvalue weighted by Gasteiger charge is 2.26. The van der Waals surface area contributed by atoms with E-state index in [2.05, 4.69) is 5.32 Å². The fourth-order valence-electron chi connectivity index (χ4n) is 2.45. The summed E-state index contributed by atoms with van der Waals surface area (Å²) < 4.78 is 29.5. The van der Waals surface area contributed by atoms with Crippen LogP contribution in [0.3, 0.4) is 0 Å². The molecule has 122 valence electrons. The Bertz CT molecular complexity index is 655. The molecule has 6 nitrogen and oxygen atoms in total. The molecular formula is C14H19ClN2O4S. The lowest BCUT2D eigenvalue weighted by Crippen LogP contribution is -2.46. The van der Waals surface area contributed by atoms with Gasteiger partial charge < -0.3 is 10.1 Å². The smallest absolute Gasteiger partial charge is 0.255 e. The third kappa shape index (κ3) is 4.12. The van der Waals surface area contributed by atoms with Gasteiger partial charge in [0.2, 0.25) is 10.0 Å². The third-order valence-corrected chi connectivity index (χ3v) is 5.20. The zero-order valence-corrected chi connectivity index (χ0v) is 14.1. The minimum Gasteiger partial charge on any atom is -0.496 e. The molecule has 0 saturated carbocycles. The predicted octanol–water partition coefficient (Wildman–Crippen LogP) is 1.50. The Morgan fingerprint density at radius 2 is 2.00 bits per heavy atom. The molecule has 1 aliphatic heterocycles. The van der Waals surface area contributed by atoms with Crippen LogP contribution in [0.2, 0.25) is 5.02 Å². The maximum absolute atomic E-state index is 12.3. The van der Waals surface area contributed by atoms with Gasteiger partial charge in [0.25, 0.3) is 5.91 Å². The number of carbonyl (C=O) groups is 1. The SMILES string of the molecule is COc1cc(Cl)ccc1C(=O)NC1CCN(S(C)(=O)=O)CC1. The summed E-state index contributed by atoms with van der Waals surface area (Å²) in [7, 11) is -1.68. The van der Waals surface area contributed by atoms with Crippen LogP contribution in [0.5, 0.6) is 5.75 Å². The summed E-state index contributed by atoms with van der Waals surface area (Å²) in [4.78, 5) is 12.3. The third-order valence-electron chi connectivity index (χ3n) is 3.67. The molecule has 1 aliphatic rings. The van der Waals surface area contributed by atoms with Crippen LogP contribution in [-0.4, -0.2) is 51.1 Å². The van der Waals surface area contributed by atoms with Crippen molar-refractivity contribution in [1.29, 1.82) is 0 Å². The molecule has 22 heavy (non-hydrogen) atoms. The van der Waals surface area contributed by atoms with Gasteiger partial charge in [-0.25, -0.2) is 12.7 Å². The number of sulfonamides is 1. The molecule has 0 spiro atoms. The fraction of sp³-hybridized carbons (Fsp3) is 0.500. The predicted molar refractivity (Wildman–Crippen MR) is 84.9 cm³/mol. The molecule has 8 heteroatoms. The summed E-state index contributed by atoms with van der Waals surface area (Å²) in [5.41, 5.74) is 0.414. The number of methoxy groups -OCH3 is 1. The van der Waals surface area contributed by atoms with Crippen molar-refractivity contribution in [2.75, 3.05) is 26.5 Å². The first-order valence-electron chi connectivity index (χ1n) is 6.91. The first-order chi connectivity index (χ1) is 10.3. The second-order valence-electron chi connectivity index (χ2n) is 5.25. The molecule has 0 bridgehead atoms. The first-order valence-corrected chi connectivity index (χ1v) is 9.13. The van der Waals surface area contributed by atoms with Gasteiger partial charge in [0.05, 0.1) is 18.9 Å². The lowest BCUT2D eigenvalue weighted by atomic mass is 10.1. The van der Waals surface area contributed by atoms with E-state index in [0.717, 1.165) is 0 Å². The minimum atomic E-state index is -3.16. The van der Waals surface area contributed by atoms with E-state index in [1.54, 1.807) is 18.2 Å². The standard InChI is InChI=1S/C14H19ClN2O4S/c1-21-13-9-10(15)3-4-12(13)14(18)16-11-5-7-17(8-6-11)22(2,19)20/h3-4,9,11H,5-8H2,1-2H3,(H,16,18). The molecular weight excluding hydrogens is 328 g/mol. The number of amides is 1. The summed E-state index contributed by atoms with van der Waals surface area (Å²) in [5.74, 6) is 0.171. The van der Waals surface area contributed by atoms with E-state index in [-0.39, 0.29) is 11.9 Å². The molecule has 0 radical (unpaired) electrons. The normalized spacial score (nSPS) is 17.2. The molecule has 0 atom stereocenters. The van der Waals surface area contributed by atoms with Gasteiger partial charge in [0.1, 0.15) is 5.75 Å². The van der Waals surface area contributed by atoms with E-state index in [4.69, 9.17) is 16.3 Å². The number of hydrogen-bond donors (Lipinski definition) is 1. The Labute approximate surface area is 135 Å². The van der Waals surface area contributed by atoms with Gasteiger partial charge in [0, 0.05) is 24.2 Å². The molecule has 0 unspecified atom stereocenters. The number of ether oxygens (including phenoxy) is 1. The maximum Gasteiger partial charge on any atom is 0.255 e. The van der Waals surface area contributed by atoms with Crippen molar-refractivity contribution in [3.63, 3.8) is 0 Å². The van der Waals surface area contributed by atoms with Crippen LogP contribution in [0.15, 0.2) is 18.2 Å². The van der Waals surface area contributed by atoms with Crippen molar-refractivity contribution >= 4 is 27.5 Å². The average Bonchev–Trinajstić information content (AvgIpc) is 2.46. The second kappa shape index (κ2) is 6.85. The van der Waals surface area contributed by atoms with Crippen molar-refractivity contribution < 1.29 is 17.9 Å². The largest absolute Gasteiger partial charge is 0.496 e. The zero-order valence-electron chi connectivity index (χ0n) is 12.5. The maximum atomic E-state index is 12.3. The number of nitrogens with zero attached hydrogens (tertiary/aromatic N) is 1. The van der Waals surface area contributed by atoms with Crippen molar-refractivity contribution in [1.82, 2.24) is 9.62 Å². The first kappa shape index (κ1) is 17.1. The number of nitrogens with one attached hydrogen (secondary N) is 1. The number of halogens is 1. The molecule has 1 heterocycles. The highest BCUT2D eigenvalue weighted by molar-refractivity contribution is 7.88. The van der Waals surface area contributed by atoms with Crippen molar-refractivity contribution in [2.45, 2.75) is 18.9 Å². The van der Waals surface area contributed by atoms with E-state index in [1.165, 1.54) is 17.7 Å². The van der Waals surface area contributed by atoms with Crippen molar-refractivity contribution in [2.24, 2.45) is 0 Å². The highest BCUT2D eigenvalue weighted by atomic mass is 35.5. The lowest BCUT2D eigenvalue weighted by molar-refractivity contribution is 0.0921. The Hall–Kier alpha value is -1.31. The number of benzene rings is 1. The van der Waals surface area contributed by atoms with E-state index >= 15 is 0 Å². The highest BCUT2D eigenvalue weighted by Crippen LogP contribution is 2.23. The average molecular weight is 347 g/mol. The molecule has 1 aromatic rings. The number of piperidine rings is 1. The van der Waals surface area contributed by atoms with Gasteiger partial charge in [-0.1, -0.05) is 11.6 Å². The topological polar surface area (TPSA) is 75.7 Å². The van der Waals surface area contributed by atoms with Crippen molar-refractivity contribution in [3.8, 4) is 5.75 Å². The summed E-state index contributed by atoms with van der Waals surface area (Å²) >= 11 is 5.88.